The molecule has 6 saturated heterocycles. The Hall–Kier alpha value is -2.64. The van der Waals surface area contributed by atoms with Crippen molar-refractivity contribution in [2.24, 2.45) is 35.5 Å². The Labute approximate surface area is 350 Å². The summed E-state index contributed by atoms with van der Waals surface area (Å²) in [7, 11) is -0.738. The summed E-state index contributed by atoms with van der Waals surface area (Å²) in [5.74, 6) is 4.65. The summed E-state index contributed by atoms with van der Waals surface area (Å²) in [6.07, 6.45) is 14.5. The van der Waals surface area contributed by atoms with Gasteiger partial charge in [-0.2, -0.15) is 0 Å². The van der Waals surface area contributed by atoms with Crippen LogP contribution in [0.4, 0.5) is 4.79 Å². The molecule has 1 aromatic carbocycles. The average Bonchev–Trinajstić information content (AvgIpc) is 3.27. The molecule has 1 aromatic rings. The average molecular weight is 805 g/mol. The number of hydrogen-bond donors (Lipinski definition) is 3. The molecule has 0 unspecified atom stereocenters. The third-order valence-corrected chi connectivity index (χ3v) is 14.8. The van der Waals surface area contributed by atoms with Crippen LogP contribution in [0.2, 0.25) is 13.6 Å². The molecular formula is C44H74B2N6O6. The lowest BCUT2D eigenvalue weighted by molar-refractivity contribution is -0.135. The van der Waals surface area contributed by atoms with Gasteiger partial charge in [0.2, 0.25) is 11.8 Å². The number of carbonyl (C=O) groups excluding carboxylic acids is 3. The van der Waals surface area contributed by atoms with Crippen LogP contribution in [-0.2, 0) is 20.9 Å². The number of hydrogen-bond acceptors (Lipinski definition) is 9. The maximum absolute atomic E-state index is 12.9. The van der Waals surface area contributed by atoms with Crippen molar-refractivity contribution in [1.82, 2.24) is 29.6 Å². The Kier molecular flexibility index (Phi) is 17.7. The molecule has 0 radical (unpaired) electrons. The van der Waals surface area contributed by atoms with Gasteiger partial charge in [0.1, 0.15) is 6.61 Å². The highest BCUT2D eigenvalue weighted by molar-refractivity contribution is 6.45. The van der Waals surface area contributed by atoms with Gasteiger partial charge < -0.3 is 44.4 Å². The summed E-state index contributed by atoms with van der Waals surface area (Å²) >= 11 is 0. The molecule has 3 N–H and O–H groups in total. The fraction of sp³-hybridized carbons (Fsp3) is 0.795. The van der Waals surface area contributed by atoms with Crippen molar-refractivity contribution in [3.63, 3.8) is 0 Å². The van der Waals surface area contributed by atoms with Crippen molar-refractivity contribution < 1.29 is 29.2 Å². The van der Waals surface area contributed by atoms with Crippen LogP contribution >= 0.6 is 0 Å². The largest absolute Gasteiger partial charge is 0.445 e. The standard InChI is InChI=1S/C26H40BN3O4.C18H34BN3O2/c1-27(33)30-17-7-21(8-18-30)19-25(31)28-13-9-23(10-14-28)24-11-15-29(16-12-24)26(32)34-20-22-5-3-2-4-6-22;1-19(24)22-12-4-15(5-13-22)14-18(23)21-10-6-17(7-11-21)16-2-8-20-9-3-16/h2-6,21,23-24,33H,7-20H2,1H3;15-17,20,24H,2-14H2,1H3. The summed E-state index contributed by atoms with van der Waals surface area (Å²) in [5, 5.41) is 22.8. The zero-order valence-corrected chi connectivity index (χ0v) is 35.9. The van der Waals surface area contributed by atoms with E-state index in [-0.39, 0.29) is 20.2 Å². The highest BCUT2D eigenvalue weighted by Crippen LogP contribution is 2.34. The van der Waals surface area contributed by atoms with E-state index < -0.39 is 0 Å². The molecule has 6 aliphatic rings. The van der Waals surface area contributed by atoms with E-state index in [0.29, 0.717) is 54.9 Å². The minimum atomic E-state index is -0.387. The van der Waals surface area contributed by atoms with E-state index in [1.165, 1.54) is 38.8 Å². The van der Waals surface area contributed by atoms with Crippen LogP contribution in [0.15, 0.2) is 30.3 Å². The molecule has 3 amide bonds. The molecule has 6 heterocycles. The SMILES string of the molecule is CB(O)N1CCC(CC(=O)N2CCC(C3CCN(C(=O)OCc4ccccc4)CC3)CC2)CC1.CB(O)N1CCC(CC(=O)N2CCC(C3CCNCC3)CC2)CC1. The van der Waals surface area contributed by atoms with Gasteiger partial charge in [-0.25, -0.2) is 4.79 Å². The Morgan fingerprint density at radius 3 is 1.34 bits per heavy atom. The molecule has 0 saturated carbocycles. The molecule has 12 nitrogen and oxygen atoms in total. The Morgan fingerprint density at radius 2 is 0.948 bits per heavy atom. The molecule has 6 aliphatic heterocycles. The maximum atomic E-state index is 12.9. The highest BCUT2D eigenvalue weighted by Gasteiger charge is 2.34. The van der Waals surface area contributed by atoms with Gasteiger partial charge in [0, 0.05) is 52.1 Å². The first-order chi connectivity index (χ1) is 28.1. The van der Waals surface area contributed by atoms with E-state index in [0.717, 1.165) is 134 Å². The summed E-state index contributed by atoms with van der Waals surface area (Å²) in [4.78, 5) is 48.1. The number of nitrogens with one attached hydrogen (secondary N) is 1. The molecule has 322 valence electrons. The highest BCUT2D eigenvalue weighted by atomic mass is 16.6. The number of amides is 3. The molecule has 0 bridgehead atoms. The lowest BCUT2D eigenvalue weighted by Gasteiger charge is -2.40. The van der Waals surface area contributed by atoms with Gasteiger partial charge in [0.05, 0.1) is 0 Å². The predicted octanol–water partition coefficient (Wildman–Crippen LogP) is 4.92. The van der Waals surface area contributed by atoms with Crippen LogP contribution in [-0.4, -0.2) is 145 Å². The minimum Gasteiger partial charge on any atom is -0.445 e. The molecular weight excluding hydrogens is 730 g/mol. The molecule has 0 spiro atoms. The van der Waals surface area contributed by atoms with E-state index in [2.05, 4.69) is 24.7 Å². The Morgan fingerprint density at radius 1 is 0.569 bits per heavy atom. The first kappa shape index (κ1) is 44.9. The van der Waals surface area contributed by atoms with Gasteiger partial charge in [0.25, 0.3) is 0 Å². The minimum absolute atomic E-state index is 0.206. The van der Waals surface area contributed by atoms with E-state index in [9.17, 15) is 24.4 Å². The molecule has 0 aliphatic carbocycles. The van der Waals surface area contributed by atoms with Crippen LogP contribution < -0.4 is 5.32 Å². The normalized spacial score (nSPS) is 23.3. The van der Waals surface area contributed by atoms with Crippen molar-refractivity contribution in [3.8, 4) is 0 Å². The number of ether oxygens (including phenoxy) is 1. The van der Waals surface area contributed by atoms with Gasteiger partial charge >= 0.3 is 20.2 Å². The van der Waals surface area contributed by atoms with E-state index in [4.69, 9.17) is 4.74 Å². The molecule has 58 heavy (non-hydrogen) atoms. The maximum Gasteiger partial charge on any atom is 0.410 e. The molecule has 14 heteroatoms. The molecule has 0 aromatic heterocycles. The van der Waals surface area contributed by atoms with Crippen LogP contribution in [0.25, 0.3) is 0 Å². The van der Waals surface area contributed by atoms with Crippen LogP contribution in [0, 0.1) is 35.5 Å². The zero-order chi connectivity index (χ0) is 40.9. The number of carbonyl (C=O) groups is 3. The van der Waals surface area contributed by atoms with E-state index in [1.54, 1.807) is 0 Å². The smallest absolute Gasteiger partial charge is 0.410 e. The third-order valence-electron chi connectivity index (χ3n) is 14.8. The number of rotatable bonds is 10. The second-order valence-electron chi connectivity index (χ2n) is 18.5. The summed E-state index contributed by atoms with van der Waals surface area (Å²) in [6, 6.07) is 9.80. The van der Waals surface area contributed by atoms with Gasteiger partial charge in [-0.1, -0.05) is 30.3 Å². The molecule has 6 fully saturated rings. The number of piperidine rings is 6. The lowest BCUT2D eigenvalue weighted by Crippen LogP contribution is -2.45. The number of nitrogens with zero attached hydrogens (tertiary/aromatic N) is 5. The zero-order valence-electron chi connectivity index (χ0n) is 35.9. The molecule has 7 rings (SSSR count). The topological polar surface area (TPSA) is 129 Å². The van der Waals surface area contributed by atoms with Gasteiger partial charge in [-0.05, 0) is 171 Å². The number of benzene rings is 1. The second-order valence-corrected chi connectivity index (χ2v) is 18.5. The van der Waals surface area contributed by atoms with E-state index in [1.807, 2.05) is 48.9 Å². The Bertz CT molecular complexity index is 1380. The third kappa shape index (κ3) is 13.4. The van der Waals surface area contributed by atoms with E-state index >= 15 is 0 Å². The van der Waals surface area contributed by atoms with Crippen LogP contribution in [0.3, 0.4) is 0 Å². The van der Waals surface area contributed by atoms with Crippen molar-refractivity contribution >= 4 is 32.0 Å². The number of likely N-dealkylation sites (tertiary alicyclic amines) is 3. The van der Waals surface area contributed by atoms with Crippen molar-refractivity contribution in [2.45, 2.75) is 110 Å². The summed E-state index contributed by atoms with van der Waals surface area (Å²) < 4.78 is 5.50. The first-order valence-electron chi connectivity index (χ1n) is 23.2. The van der Waals surface area contributed by atoms with Crippen molar-refractivity contribution in [3.05, 3.63) is 35.9 Å². The van der Waals surface area contributed by atoms with Crippen LogP contribution in [0.5, 0.6) is 0 Å². The predicted molar refractivity (Wildman–Crippen MR) is 231 cm³/mol. The quantitative estimate of drug-likeness (QED) is 0.283. The molecule has 0 atom stereocenters. The fourth-order valence-electron chi connectivity index (χ4n) is 10.7. The second kappa shape index (κ2) is 22.8. The first-order valence-corrected chi connectivity index (χ1v) is 23.2. The van der Waals surface area contributed by atoms with Gasteiger partial charge in [-0.3, -0.25) is 9.59 Å². The summed E-state index contributed by atoms with van der Waals surface area (Å²) in [5.41, 5.74) is 1.01. The van der Waals surface area contributed by atoms with Crippen molar-refractivity contribution in [2.75, 3.05) is 78.5 Å². The summed E-state index contributed by atoms with van der Waals surface area (Å²) in [6.45, 7) is 15.2. The Balaban J connectivity index is 0.000000208. The van der Waals surface area contributed by atoms with Gasteiger partial charge in [-0.15, -0.1) is 0 Å². The fourth-order valence-corrected chi connectivity index (χ4v) is 10.7. The lowest BCUT2D eigenvalue weighted by atomic mass is 9.78. The van der Waals surface area contributed by atoms with Crippen LogP contribution in [0.1, 0.15) is 95.5 Å². The van der Waals surface area contributed by atoms with Gasteiger partial charge in [0.15, 0.2) is 0 Å². The van der Waals surface area contributed by atoms with Crippen molar-refractivity contribution in [1.29, 1.82) is 0 Å². The monoisotopic (exact) mass is 805 g/mol.